The van der Waals surface area contributed by atoms with Crippen LogP contribution in [0.15, 0.2) is 76.2 Å². The van der Waals surface area contributed by atoms with Crippen LogP contribution in [0.1, 0.15) is 30.4 Å². The summed E-state index contributed by atoms with van der Waals surface area (Å²) in [6.07, 6.45) is 7.72. The minimum atomic E-state index is -0.00513. The molecule has 1 saturated heterocycles. The Morgan fingerprint density at radius 3 is 2.65 bits per heavy atom. The molecule has 0 unspecified atom stereocenters. The summed E-state index contributed by atoms with van der Waals surface area (Å²) in [5.41, 5.74) is 3.00. The van der Waals surface area contributed by atoms with Gasteiger partial charge >= 0.3 is 0 Å². The molecule has 0 spiro atoms. The van der Waals surface area contributed by atoms with Gasteiger partial charge in [-0.1, -0.05) is 48.0 Å². The lowest BCUT2D eigenvalue weighted by atomic mass is 9.94. The fourth-order valence-electron chi connectivity index (χ4n) is 4.53. The Hall–Kier alpha value is -3.27. The summed E-state index contributed by atoms with van der Waals surface area (Å²) in [4.78, 5) is 15.0. The molecule has 1 aromatic heterocycles. The number of aryl methyl sites for hydroxylation is 2. The zero-order valence-electron chi connectivity index (χ0n) is 18.0. The zero-order chi connectivity index (χ0) is 21.2. The van der Waals surface area contributed by atoms with E-state index in [-0.39, 0.29) is 5.56 Å². The SMILES string of the molecule is Cc1ccc2on(CCC3CCN(/C=C/c4ccc5ccccc5c4)CC3)c(=O)c2c1. The van der Waals surface area contributed by atoms with Crippen molar-refractivity contribution in [3.8, 4) is 0 Å². The smallest absolute Gasteiger partial charge is 0.290 e. The van der Waals surface area contributed by atoms with Crippen LogP contribution in [0.4, 0.5) is 0 Å². The van der Waals surface area contributed by atoms with Gasteiger partial charge < -0.3 is 9.42 Å². The summed E-state index contributed by atoms with van der Waals surface area (Å²) in [6.45, 7) is 4.77. The normalized spacial score (nSPS) is 15.5. The highest BCUT2D eigenvalue weighted by Crippen LogP contribution is 2.23. The van der Waals surface area contributed by atoms with Crippen molar-refractivity contribution in [1.29, 1.82) is 0 Å². The predicted octanol–water partition coefficient (Wildman–Crippen LogP) is 5.83. The van der Waals surface area contributed by atoms with E-state index in [4.69, 9.17) is 4.52 Å². The molecule has 1 aliphatic heterocycles. The number of aromatic nitrogens is 1. The Balaban J connectivity index is 1.15. The maximum absolute atomic E-state index is 12.6. The lowest BCUT2D eigenvalue weighted by Crippen LogP contribution is -2.30. The lowest BCUT2D eigenvalue weighted by Gasteiger charge is -2.31. The van der Waals surface area contributed by atoms with Crippen molar-refractivity contribution in [3.05, 3.63) is 88.3 Å². The monoisotopic (exact) mass is 412 g/mol. The van der Waals surface area contributed by atoms with E-state index in [1.807, 2.05) is 25.1 Å². The van der Waals surface area contributed by atoms with Crippen LogP contribution in [0.5, 0.6) is 0 Å². The largest absolute Gasteiger partial charge is 0.377 e. The van der Waals surface area contributed by atoms with Gasteiger partial charge in [0.1, 0.15) is 0 Å². The van der Waals surface area contributed by atoms with Gasteiger partial charge in [0, 0.05) is 13.1 Å². The maximum Gasteiger partial charge on any atom is 0.290 e. The minimum absolute atomic E-state index is 0.00513. The first kappa shape index (κ1) is 19.7. The number of fused-ring (bicyclic) bond motifs is 2. The molecule has 0 saturated carbocycles. The van der Waals surface area contributed by atoms with E-state index in [0.29, 0.717) is 23.4 Å². The van der Waals surface area contributed by atoms with Crippen LogP contribution in [0.3, 0.4) is 0 Å². The molecule has 4 nitrogen and oxygen atoms in total. The Labute approximate surface area is 182 Å². The van der Waals surface area contributed by atoms with Crippen molar-refractivity contribution in [2.75, 3.05) is 13.1 Å². The van der Waals surface area contributed by atoms with Crippen molar-refractivity contribution < 1.29 is 4.52 Å². The van der Waals surface area contributed by atoms with Gasteiger partial charge in [-0.3, -0.25) is 4.79 Å². The molecule has 0 N–H and O–H groups in total. The second-order valence-corrected chi connectivity index (χ2v) is 8.69. The predicted molar refractivity (Wildman–Crippen MR) is 127 cm³/mol. The quantitative estimate of drug-likeness (QED) is 0.414. The third kappa shape index (κ3) is 4.29. The van der Waals surface area contributed by atoms with Crippen LogP contribution < -0.4 is 5.56 Å². The van der Waals surface area contributed by atoms with Crippen molar-refractivity contribution >= 4 is 27.8 Å². The summed E-state index contributed by atoms with van der Waals surface area (Å²) < 4.78 is 7.30. The molecule has 158 valence electrons. The molecule has 4 aromatic rings. The second-order valence-electron chi connectivity index (χ2n) is 8.69. The van der Waals surface area contributed by atoms with Crippen LogP contribution in [-0.2, 0) is 6.54 Å². The highest BCUT2D eigenvalue weighted by atomic mass is 16.5. The summed E-state index contributed by atoms with van der Waals surface area (Å²) in [7, 11) is 0. The van der Waals surface area contributed by atoms with Gasteiger partial charge in [-0.25, -0.2) is 0 Å². The highest BCUT2D eigenvalue weighted by Gasteiger charge is 2.18. The van der Waals surface area contributed by atoms with Crippen LogP contribution in [-0.4, -0.2) is 22.7 Å². The molecule has 3 aromatic carbocycles. The third-order valence-electron chi connectivity index (χ3n) is 6.44. The van der Waals surface area contributed by atoms with Crippen molar-refractivity contribution in [3.63, 3.8) is 0 Å². The van der Waals surface area contributed by atoms with E-state index in [1.165, 1.54) is 21.1 Å². The first-order valence-corrected chi connectivity index (χ1v) is 11.2. The molecule has 0 atom stereocenters. The van der Waals surface area contributed by atoms with E-state index in [2.05, 4.69) is 59.6 Å². The van der Waals surface area contributed by atoms with E-state index < -0.39 is 0 Å². The fraction of sp³-hybridized carbons (Fsp3) is 0.296. The third-order valence-corrected chi connectivity index (χ3v) is 6.44. The molecular formula is C27H28N2O2. The van der Waals surface area contributed by atoms with Gasteiger partial charge in [-0.15, -0.1) is 0 Å². The molecule has 2 heterocycles. The Morgan fingerprint density at radius 2 is 1.81 bits per heavy atom. The highest BCUT2D eigenvalue weighted by molar-refractivity contribution is 5.84. The standard InChI is InChI=1S/C27H28N2O2/c1-20-6-9-26-25(18-20)27(30)29(31-26)17-13-21-10-14-28(15-11-21)16-12-22-7-8-23-4-2-3-5-24(23)19-22/h2-9,12,16,18-19,21H,10-11,13-15,17H2,1H3/b16-12+. The van der Waals surface area contributed by atoms with E-state index in [0.717, 1.165) is 37.9 Å². The first-order valence-electron chi connectivity index (χ1n) is 11.2. The molecule has 31 heavy (non-hydrogen) atoms. The van der Waals surface area contributed by atoms with Crippen molar-refractivity contribution in [2.24, 2.45) is 5.92 Å². The summed E-state index contributed by atoms with van der Waals surface area (Å²) in [5, 5.41) is 3.24. The molecular weight excluding hydrogens is 384 g/mol. The van der Waals surface area contributed by atoms with E-state index in [9.17, 15) is 4.79 Å². The Morgan fingerprint density at radius 1 is 1.00 bits per heavy atom. The molecule has 0 bridgehead atoms. The molecule has 1 fully saturated rings. The number of hydrogen-bond donors (Lipinski definition) is 0. The average Bonchev–Trinajstić information content (AvgIpc) is 3.11. The van der Waals surface area contributed by atoms with Gasteiger partial charge in [-0.2, -0.15) is 4.74 Å². The van der Waals surface area contributed by atoms with Crippen LogP contribution in [0.25, 0.3) is 27.8 Å². The molecule has 4 heteroatoms. The second kappa shape index (κ2) is 8.46. The first-order chi connectivity index (χ1) is 15.2. The number of hydrogen-bond acceptors (Lipinski definition) is 3. The van der Waals surface area contributed by atoms with Gasteiger partial charge in [-0.05, 0) is 78.9 Å². The summed E-state index contributed by atoms with van der Waals surface area (Å²) in [5.74, 6) is 0.632. The summed E-state index contributed by atoms with van der Waals surface area (Å²) in [6, 6.07) is 20.9. The average molecular weight is 413 g/mol. The van der Waals surface area contributed by atoms with Gasteiger partial charge in [0.2, 0.25) is 0 Å². The van der Waals surface area contributed by atoms with Gasteiger partial charge in [0.25, 0.3) is 5.56 Å². The topological polar surface area (TPSA) is 38.4 Å². The fourth-order valence-corrected chi connectivity index (χ4v) is 4.53. The Kier molecular flexibility index (Phi) is 5.37. The van der Waals surface area contributed by atoms with E-state index in [1.54, 1.807) is 0 Å². The molecule has 1 aliphatic rings. The number of benzene rings is 3. The maximum atomic E-state index is 12.6. The molecule has 0 aliphatic carbocycles. The number of likely N-dealkylation sites (tertiary alicyclic amines) is 1. The molecule has 0 amide bonds. The van der Waals surface area contributed by atoms with Gasteiger partial charge in [0.05, 0.1) is 11.9 Å². The van der Waals surface area contributed by atoms with Crippen LogP contribution in [0, 0.1) is 12.8 Å². The van der Waals surface area contributed by atoms with Crippen molar-refractivity contribution in [2.45, 2.75) is 32.7 Å². The van der Waals surface area contributed by atoms with Crippen LogP contribution >= 0.6 is 0 Å². The number of piperidine rings is 1. The molecule has 5 rings (SSSR count). The van der Waals surface area contributed by atoms with Crippen LogP contribution in [0.2, 0.25) is 0 Å². The van der Waals surface area contributed by atoms with Gasteiger partial charge in [0.15, 0.2) is 5.58 Å². The molecule has 0 radical (unpaired) electrons. The van der Waals surface area contributed by atoms with E-state index >= 15 is 0 Å². The minimum Gasteiger partial charge on any atom is -0.377 e. The van der Waals surface area contributed by atoms with Crippen molar-refractivity contribution in [1.82, 2.24) is 9.64 Å². The number of rotatable bonds is 5. The number of nitrogens with zero attached hydrogens (tertiary/aromatic N) is 2. The lowest BCUT2D eigenvalue weighted by molar-refractivity contribution is 0.203. The Bertz CT molecular complexity index is 1290. The zero-order valence-corrected chi connectivity index (χ0v) is 18.0. The summed E-state index contributed by atoms with van der Waals surface area (Å²) >= 11 is 0.